The van der Waals surface area contributed by atoms with Gasteiger partial charge in [0, 0.05) is 18.0 Å². The maximum Gasteiger partial charge on any atom is 0.416 e. The molecule has 1 aromatic heterocycles. The minimum atomic E-state index is -4.32. The Labute approximate surface area is 136 Å². The van der Waals surface area contributed by atoms with Gasteiger partial charge >= 0.3 is 6.18 Å². The first kappa shape index (κ1) is 17.5. The fourth-order valence-electron chi connectivity index (χ4n) is 2.50. The van der Waals surface area contributed by atoms with Crippen LogP contribution in [0.25, 0.3) is 22.2 Å². The maximum absolute atomic E-state index is 12.6. The molecule has 0 radical (unpaired) electrons. The van der Waals surface area contributed by atoms with Gasteiger partial charge in [-0.25, -0.2) is 0 Å². The summed E-state index contributed by atoms with van der Waals surface area (Å²) in [5.74, 6) is 0. The van der Waals surface area contributed by atoms with Crippen LogP contribution in [0.2, 0.25) is 0 Å². The molecule has 0 aliphatic heterocycles. The number of primary amides is 1. The number of amides is 1. The molecular formula is C17H16F3N3O. The molecule has 7 heteroatoms. The summed E-state index contributed by atoms with van der Waals surface area (Å²) in [6.07, 6.45) is -4.07. The number of benzene rings is 2. The highest BCUT2D eigenvalue weighted by atomic mass is 19.4. The summed E-state index contributed by atoms with van der Waals surface area (Å²) in [6.45, 7) is 1.97. The predicted octanol–water partition coefficient (Wildman–Crippen LogP) is 3.67. The molecule has 0 atom stereocenters. The second-order valence-electron chi connectivity index (χ2n) is 5.15. The van der Waals surface area contributed by atoms with Crippen molar-refractivity contribution in [3.8, 4) is 11.3 Å². The third-order valence-electron chi connectivity index (χ3n) is 3.57. The van der Waals surface area contributed by atoms with Crippen molar-refractivity contribution < 1.29 is 18.0 Å². The lowest BCUT2D eigenvalue weighted by Gasteiger charge is -2.07. The van der Waals surface area contributed by atoms with E-state index in [0.717, 1.165) is 28.6 Å². The first-order chi connectivity index (χ1) is 11.3. The smallest absolute Gasteiger partial charge is 0.372 e. The average molecular weight is 335 g/mol. The Morgan fingerprint density at radius 3 is 2.25 bits per heavy atom. The van der Waals surface area contributed by atoms with Crippen LogP contribution in [0.3, 0.4) is 0 Å². The van der Waals surface area contributed by atoms with Crippen LogP contribution in [0.15, 0.2) is 42.5 Å². The lowest BCUT2D eigenvalue weighted by atomic mass is 10.0. The van der Waals surface area contributed by atoms with Gasteiger partial charge in [-0.1, -0.05) is 24.3 Å². The number of carbonyl (C=O) groups is 1. The molecule has 0 saturated carbocycles. The molecule has 0 aliphatic carbocycles. The summed E-state index contributed by atoms with van der Waals surface area (Å²) in [6, 6.07) is 11.0. The highest BCUT2D eigenvalue weighted by molar-refractivity contribution is 5.95. The van der Waals surface area contributed by atoms with Crippen molar-refractivity contribution in [1.29, 1.82) is 0 Å². The molecule has 0 spiro atoms. The van der Waals surface area contributed by atoms with Crippen LogP contribution >= 0.6 is 0 Å². The number of rotatable bonds is 1. The third kappa shape index (κ3) is 3.40. The number of halogens is 3. The maximum atomic E-state index is 12.6. The van der Waals surface area contributed by atoms with Gasteiger partial charge in [-0.3, -0.25) is 9.48 Å². The quantitative estimate of drug-likeness (QED) is 0.690. The largest absolute Gasteiger partial charge is 0.416 e. The highest BCUT2D eigenvalue weighted by Gasteiger charge is 2.30. The van der Waals surface area contributed by atoms with Gasteiger partial charge in [-0.15, -0.1) is 0 Å². The van der Waals surface area contributed by atoms with E-state index in [-0.39, 0.29) is 6.41 Å². The van der Waals surface area contributed by atoms with Gasteiger partial charge < -0.3 is 5.73 Å². The van der Waals surface area contributed by atoms with Crippen molar-refractivity contribution >= 4 is 17.3 Å². The first-order valence-corrected chi connectivity index (χ1v) is 7.05. The number of fused-ring (bicyclic) bond motifs is 1. The summed E-state index contributed by atoms with van der Waals surface area (Å²) in [5, 5.41) is 5.42. The molecule has 24 heavy (non-hydrogen) atoms. The zero-order chi connectivity index (χ0) is 17.9. The molecule has 0 unspecified atom stereocenters. The summed E-state index contributed by atoms with van der Waals surface area (Å²) in [7, 11) is 1.83. The van der Waals surface area contributed by atoms with Crippen LogP contribution in [-0.4, -0.2) is 16.2 Å². The molecule has 2 aromatic carbocycles. The van der Waals surface area contributed by atoms with Gasteiger partial charge in [0.05, 0.1) is 11.1 Å². The van der Waals surface area contributed by atoms with Crippen LogP contribution in [-0.2, 0) is 18.0 Å². The van der Waals surface area contributed by atoms with E-state index in [1.165, 1.54) is 12.1 Å². The summed E-state index contributed by atoms with van der Waals surface area (Å²) < 4.78 is 39.6. The summed E-state index contributed by atoms with van der Waals surface area (Å²) in [4.78, 5) is 8.58. The lowest BCUT2D eigenvalue weighted by molar-refractivity contribution is -0.137. The Kier molecular flexibility index (Phi) is 4.92. The monoisotopic (exact) mass is 335 g/mol. The van der Waals surface area contributed by atoms with Gasteiger partial charge in [0.25, 0.3) is 0 Å². The molecule has 3 aromatic rings. The number of alkyl halides is 3. The first-order valence-electron chi connectivity index (χ1n) is 7.05. The van der Waals surface area contributed by atoms with Gasteiger partial charge in [-0.2, -0.15) is 18.3 Å². The standard InChI is InChI=1S/C16H13F3N2.CH3NO/c1-10-4-3-5-13-14(10)15(20-21(13)2)11-6-8-12(9-7-11)16(17,18)19;2-1-3/h3-9H,1-2H3;1H,(H2,2,3). The molecule has 126 valence electrons. The minimum absolute atomic E-state index is 0.250. The number of nitrogens with two attached hydrogens (primary N) is 1. The predicted molar refractivity (Wildman–Crippen MR) is 86.1 cm³/mol. The number of aromatic nitrogens is 2. The normalized spacial score (nSPS) is 11.0. The average Bonchev–Trinajstić information content (AvgIpc) is 2.86. The molecule has 1 heterocycles. The van der Waals surface area contributed by atoms with E-state index in [2.05, 4.69) is 10.8 Å². The number of carbonyl (C=O) groups excluding carboxylic acids is 1. The zero-order valence-corrected chi connectivity index (χ0v) is 13.1. The van der Waals surface area contributed by atoms with Crippen molar-refractivity contribution in [3.63, 3.8) is 0 Å². The SMILES string of the molecule is Cc1cccc2c1c(-c1ccc(C(F)(F)F)cc1)nn2C.NC=O. The van der Waals surface area contributed by atoms with Gasteiger partial charge in [0.2, 0.25) is 6.41 Å². The van der Waals surface area contributed by atoms with Crippen molar-refractivity contribution in [3.05, 3.63) is 53.6 Å². The molecule has 0 aliphatic rings. The molecule has 3 rings (SSSR count). The molecule has 1 amide bonds. The van der Waals surface area contributed by atoms with Crippen LogP contribution < -0.4 is 5.73 Å². The van der Waals surface area contributed by atoms with Crippen molar-refractivity contribution in [2.24, 2.45) is 12.8 Å². The summed E-state index contributed by atoms with van der Waals surface area (Å²) >= 11 is 0. The Morgan fingerprint density at radius 2 is 1.71 bits per heavy atom. The van der Waals surface area contributed by atoms with Crippen LogP contribution in [0.4, 0.5) is 13.2 Å². The molecule has 0 saturated heterocycles. The van der Waals surface area contributed by atoms with Gasteiger partial charge in [-0.05, 0) is 30.7 Å². The van der Waals surface area contributed by atoms with Crippen LogP contribution in [0, 0.1) is 6.92 Å². The highest BCUT2D eigenvalue weighted by Crippen LogP contribution is 2.33. The van der Waals surface area contributed by atoms with Crippen molar-refractivity contribution in [1.82, 2.24) is 9.78 Å². The second-order valence-corrected chi connectivity index (χ2v) is 5.15. The minimum Gasteiger partial charge on any atom is -0.372 e. The Hall–Kier alpha value is -2.83. The molecule has 0 fully saturated rings. The van der Waals surface area contributed by atoms with Crippen molar-refractivity contribution in [2.75, 3.05) is 0 Å². The number of aryl methyl sites for hydroxylation is 2. The molecule has 0 bridgehead atoms. The fraction of sp³-hybridized carbons (Fsp3) is 0.176. The lowest BCUT2D eigenvalue weighted by Crippen LogP contribution is -2.04. The number of nitrogens with zero attached hydrogens (tertiary/aromatic N) is 2. The summed E-state index contributed by atoms with van der Waals surface area (Å²) in [5.41, 5.74) is 6.92. The molecular weight excluding hydrogens is 319 g/mol. The molecule has 4 nitrogen and oxygen atoms in total. The third-order valence-corrected chi connectivity index (χ3v) is 3.57. The van der Waals surface area contributed by atoms with Crippen LogP contribution in [0.1, 0.15) is 11.1 Å². The van der Waals surface area contributed by atoms with Crippen molar-refractivity contribution in [2.45, 2.75) is 13.1 Å². The second kappa shape index (κ2) is 6.74. The Balaban J connectivity index is 0.000000647. The topological polar surface area (TPSA) is 60.9 Å². The van der Waals surface area contributed by atoms with E-state index >= 15 is 0 Å². The van der Waals surface area contributed by atoms with E-state index in [0.29, 0.717) is 11.3 Å². The van der Waals surface area contributed by atoms with E-state index in [9.17, 15) is 13.2 Å². The number of hydrogen-bond acceptors (Lipinski definition) is 2. The van der Waals surface area contributed by atoms with E-state index in [1.54, 1.807) is 4.68 Å². The Morgan fingerprint density at radius 1 is 1.12 bits per heavy atom. The van der Waals surface area contributed by atoms with Crippen LogP contribution in [0.5, 0.6) is 0 Å². The van der Waals surface area contributed by atoms with E-state index < -0.39 is 11.7 Å². The van der Waals surface area contributed by atoms with E-state index in [4.69, 9.17) is 4.79 Å². The van der Waals surface area contributed by atoms with E-state index in [1.807, 2.05) is 32.2 Å². The Bertz CT molecular complexity index is 852. The number of hydrogen-bond donors (Lipinski definition) is 1. The van der Waals surface area contributed by atoms with Gasteiger partial charge in [0.1, 0.15) is 5.69 Å². The molecule has 2 N–H and O–H groups in total. The fourth-order valence-corrected chi connectivity index (χ4v) is 2.50. The van der Waals surface area contributed by atoms with Gasteiger partial charge in [0.15, 0.2) is 0 Å². The zero-order valence-electron chi connectivity index (χ0n) is 13.1.